The molecular formula is C11H22N2O3. The van der Waals surface area contributed by atoms with E-state index >= 15 is 0 Å². The maximum Gasteiger partial charge on any atom is 0.410 e. The van der Waals surface area contributed by atoms with Gasteiger partial charge in [-0.05, 0) is 33.6 Å². The minimum Gasteiger partial charge on any atom is -0.444 e. The molecule has 1 aliphatic rings. The molecule has 1 aliphatic heterocycles. The molecule has 94 valence electrons. The van der Waals surface area contributed by atoms with Crippen LogP contribution in [-0.2, 0) is 4.74 Å². The Bertz CT molecular complexity index is 250. The molecule has 0 aromatic heterocycles. The minimum atomic E-state index is -0.657. The topological polar surface area (TPSA) is 75.8 Å². The smallest absolute Gasteiger partial charge is 0.410 e. The maximum absolute atomic E-state index is 11.8. The van der Waals surface area contributed by atoms with Gasteiger partial charge in [0.05, 0.1) is 12.6 Å². The predicted molar refractivity (Wildman–Crippen MR) is 61.0 cm³/mol. The van der Waals surface area contributed by atoms with Crippen LogP contribution < -0.4 is 5.73 Å². The molecule has 16 heavy (non-hydrogen) atoms. The van der Waals surface area contributed by atoms with E-state index in [2.05, 4.69) is 0 Å². The van der Waals surface area contributed by atoms with Crippen molar-refractivity contribution in [1.29, 1.82) is 0 Å². The summed E-state index contributed by atoms with van der Waals surface area (Å²) in [6.07, 6.45) is 0.508. The van der Waals surface area contributed by atoms with Crippen LogP contribution in [-0.4, -0.2) is 46.9 Å². The molecule has 1 saturated heterocycles. The van der Waals surface area contributed by atoms with E-state index < -0.39 is 11.7 Å². The highest BCUT2D eigenvalue weighted by Gasteiger charge is 2.28. The van der Waals surface area contributed by atoms with E-state index in [1.165, 1.54) is 4.90 Å². The predicted octanol–water partition coefficient (Wildman–Crippen LogP) is 0.706. The molecule has 2 atom stereocenters. The van der Waals surface area contributed by atoms with E-state index in [1.807, 2.05) is 20.8 Å². The Hall–Kier alpha value is -0.810. The van der Waals surface area contributed by atoms with E-state index in [0.717, 1.165) is 12.8 Å². The van der Waals surface area contributed by atoms with Crippen LogP contribution in [0.3, 0.4) is 0 Å². The summed E-state index contributed by atoms with van der Waals surface area (Å²) in [6.45, 7) is 6.33. The molecule has 5 heteroatoms. The third kappa shape index (κ3) is 3.98. The van der Waals surface area contributed by atoms with Gasteiger partial charge in [-0.25, -0.2) is 4.79 Å². The van der Waals surface area contributed by atoms with Gasteiger partial charge in [-0.3, -0.25) is 0 Å². The number of hydrogen-bond acceptors (Lipinski definition) is 4. The molecule has 1 rings (SSSR count). The number of hydrogen-bond donors (Lipinski definition) is 2. The molecule has 3 N–H and O–H groups in total. The number of ether oxygens (including phenoxy) is 1. The first-order valence-corrected chi connectivity index (χ1v) is 5.71. The zero-order valence-electron chi connectivity index (χ0n) is 10.3. The van der Waals surface area contributed by atoms with Gasteiger partial charge in [0.25, 0.3) is 0 Å². The second-order valence-electron chi connectivity index (χ2n) is 5.30. The van der Waals surface area contributed by atoms with E-state index in [0.29, 0.717) is 6.54 Å². The fourth-order valence-electron chi connectivity index (χ4n) is 1.66. The lowest BCUT2D eigenvalue weighted by Crippen LogP contribution is -2.44. The number of amides is 1. The number of aliphatic hydroxyl groups excluding tert-OH is 1. The molecule has 1 amide bonds. The zero-order valence-corrected chi connectivity index (χ0v) is 10.3. The van der Waals surface area contributed by atoms with Gasteiger partial charge in [-0.1, -0.05) is 0 Å². The molecule has 0 aromatic carbocycles. The Kier molecular flexibility index (Phi) is 4.15. The number of aliphatic hydroxyl groups is 1. The summed E-state index contributed by atoms with van der Waals surface area (Å²) in [5, 5.41) is 9.70. The van der Waals surface area contributed by atoms with Crippen molar-refractivity contribution in [2.24, 2.45) is 5.73 Å². The lowest BCUT2D eigenvalue weighted by Gasteiger charge is -2.27. The lowest BCUT2D eigenvalue weighted by atomic mass is 10.1. The number of β-amino-alcohol motifs (C(OH)–C–C–N with tert-alkyl or cyclic N) is 1. The van der Waals surface area contributed by atoms with Gasteiger partial charge < -0.3 is 20.5 Å². The molecule has 1 fully saturated rings. The Morgan fingerprint density at radius 3 is 2.69 bits per heavy atom. The van der Waals surface area contributed by atoms with E-state index in [4.69, 9.17) is 10.5 Å². The number of likely N-dealkylation sites (tertiary alicyclic amines) is 1. The summed E-state index contributed by atoms with van der Waals surface area (Å²) in [7, 11) is 0. The van der Waals surface area contributed by atoms with Crippen molar-refractivity contribution in [2.45, 2.75) is 51.4 Å². The highest BCUT2D eigenvalue weighted by Crippen LogP contribution is 2.14. The Labute approximate surface area is 96.6 Å². The van der Waals surface area contributed by atoms with Crippen molar-refractivity contribution in [3.05, 3.63) is 0 Å². The number of nitrogens with two attached hydrogens (primary N) is 1. The van der Waals surface area contributed by atoms with Crippen LogP contribution in [0.1, 0.15) is 33.6 Å². The summed E-state index contributed by atoms with van der Waals surface area (Å²) in [5.41, 5.74) is 5.24. The van der Waals surface area contributed by atoms with Gasteiger partial charge in [0.15, 0.2) is 0 Å². The van der Waals surface area contributed by atoms with Crippen molar-refractivity contribution >= 4 is 6.09 Å². The van der Waals surface area contributed by atoms with E-state index in [-0.39, 0.29) is 18.7 Å². The normalized spacial score (nSPS) is 27.4. The molecule has 0 saturated carbocycles. The Balaban J connectivity index is 2.56. The SMILES string of the molecule is CC(C)(C)OC(=O)N1CCC[C@H](N)[C@H](O)C1. The van der Waals surface area contributed by atoms with Crippen LogP contribution in [0.15, 0.2) is 0 Å². The molecule has 0 radical (unpaired) electrons. The van der Waals surface area contributed by atoms with Crippen LogP contribution in [0, 0.1) is 0 Å². The second kappa shape index (κ2) is 5.01. The summed E-state index contributed by atoms with van der Waals surface area (Å²) in [4.78, 5) is 13.3. The number of carbonyl (C=O) groups excluding carboxylic acids is 1. The highest BCUT2D eigenvalue weighted by atomic mass is 16.6. The first-order chi connectivity index (χ1) is 7.29. The van der Waals surface area contributed by atoms with Crippen LogP contribution in [0.2, 0.25) is 0 Å². The number of carbonyl (C=O) groups is 1. The summed E-state index contributed by atoms with van der Waals surface area (Å²) in [5.74, 6) is 0. The van der Waals surface area contributed by atoms with Gasteiger partial charge in [0.1, 0.15) is 5.60 Å². The van der Waals surface area contributed by atoms with Gasteiger partial charge in [-0.15, -0.1) is 0 Å². The first kappa shape index (κ1) is 13.3. The summed E-state index contributed by atoms with van der Waals surface area (Å²) >= 11 is 0. The quantitative estimate of drug-likeness (QED) is 0.642. The fraction of sp³-hybridized carbons (Fsp3) is 0.909. The van der Waals surface area contributed by atoms with Crippen molar-refractivity contribution in [2.75, 3.05) is 13.1 Å². The lowest BCUT2D eigenvalue weighted by molar-refractivity contribution is 0.0163. The fourth-order valence-corrected chi connectivity index (χ4v) is 1.66. The third-order valence-electron chi connectivity index (χ3n) is 2.52. The second-order valence-corrected chi connectivity index (χ2v) is 5.30. The molecule has 5 nitrogen and oxygen atoms in total. The molecule has 0 spiro atoms. The van der Waals surface area contributed by atoms with Crippen molar-refractivity contribution in [3.63, 3.8) is 0 Å². The number of rotatable bonds is 0. The van der Waals surface area contributed by atoms with Crippen LogP contribution in [0.5, 0.6) is 0 Å². The molecule has 1 heterocycles. The van der Waals surface area contributed by atoms with Crippen LogP contribution in [0.25, 0.3) is 0 Å². The highest BCUT2D eigenvalue weighted by molar-refractivity contribution is 5.68. The van der Waals surface area contributed by atoms with Gasteiger partial charge >= 0.3 is 6.09 Å². The Morgan fingerprint density at radius 1 is 1.50 bits per heavy atom. The monoisotopic (exact) mass is 230 g/mol. The third-order valence-corrected chi connectivity index (χ3v) is 2.52. The van der Waals surface area contributed by atoms with Crippen LogP contribution >= 0.6 is 0 Å². The summed E-state index contributed by atoms with van der Waals surface area (Å²) < 4.78 is 5.25. The molecule has 0 aromatic rings. The average molecular weight is 230 g/mol. The van der Waals surface area contributed by atoms with Gasteiger partial charge in [0, 0.05) is 12.6 Å². The van der Waals surface area contributed by atoms with E-state index in [9.17, 15) is 9.90 Å². The van der Waals surface area contributed by atoms with Crippen LogP contribution in [0.4, 0.5) is 4.79 Å². The standard InChI is InChI=1S/C11H22N2O3/c1-11(2,3)16-10(15)13-6-4-5-8(12)9(14)7-13/h8-9,14H,4-7,12H2,1-3H3/t8-,9+/m0/s1. The van der Waals surface area contributed by atoms with E-state index in [1.54, 1.807) is 0 Å². The minimum absolute atomic E-state index is 0.243. The summed E-state index contributed by atoms with van der Waals surface area (Å²) in [6, 6.07) is -0.243. The number of nitrogens with zero attached hydrogens (tertiary/aromatic N) is 1. The maximum atomic E-state index is 11.8. The first-order valence-electron chi connectivity index (χ1n) is 5.71. The molecule has 0 unspecified atom stereocenters. The van der Waals surface area contributed by atoms with Crippen molar-refractivity contribution in [1.82, 2.24) is 4.90 Å². The van der Waals surface area contributed by atoms with Crippen molar-refractivity contribution < 1.29 is 14.6 Å². The van der Waals surface area contributed by atoms with Gasteiger partial charge in [-0.2, -0.15) is 0 Å². The average Bonchev–Trinajstić information content (AvgIpc) is 2.27. The van der Waals surface area contributed by atoms with Crippen molar-refractivity contribution in [3.8, 4) is 0 Å². The molecule has 0 aliphatic carbocycles. The molecular weight excluding hydrogens is 208 g/mol. The zero-order chi connectivity index (χ0) is 12.3. The van der Waals surface area contributed by atoms with Gasteiger partial charge in [0.2, 0.25) is 0 Å². The molecule has 0 bridgehead atoms. The Morgan fingerprint density at radius 2 is 2.12 bits per heavy atom. The largest absolute Gasteiger partial charge is 0.444 e.